The van der Waals surface area contributed by atoms with Gasteiger partial charge in [-0.3, -0.25) is 4.90 Å². The number of nitrogens with zero attached hydrogens (tertiary/aromatic N) is 1. The molecule has 5 heteroatoms. The van der Waals surface area contributed by atoms with Gasteiger partial charge in [0.25, 0.3) is 0 Å². The van der Waals surface area contributed by atoms with Crippen molar-refractivity contribution < 1.29 is 19.4 Å². The van der Waals surface area contributed by atoms with E-state index in [-0.39, 0.29) is 6.42 Å². The number of carboxylic acid groups (broad SMARTS) is 1. The Morgan fingerprint density at radius 1 is 0.933 bits per heavy atom. The number of benzene rings is 3. The molecule has 30 heavy (non-hydrogen) atoms. The average molecular weight is 401 g/mol. The number of methoxy groups -OCH3 is 1. The highest BCUT2D eigenvalue weighted by molar-refractivity contribution is 5.85. The number of carbonyl (C=O) groups excluding carboxylic acids is 1. The second-order valence-electron chi connectivity index (χ2n) is 7.44. The van der Waals surface area contributed by atoms with Gasteiger partial charge in [0.1, 0.15) is 6.04 Å². The summed E-state index contributed by atoms with van der Waals surface area (Å²) in [5.41, 5.74) is 5.69. The standard InChI is InChI=1S/C25H23NO4/c1-16-9-3-4-10-17(16)15-22(24(27)28)26(25(29)30-2)23-20-13-7-5-11-18(20)19-12-6-8-14-21(19)23/h3-14,22-23H,15H2,1-2H3,(H,27,28)/t22-/m0/s1. The zero-order valence-corrected chi connectivity index (χ0v) is 16.9. The number of aryl methyl sites for hydroxylation is 1. The molecule has 0 saturated carbocycles. The van der Waals surface area contributed by atoms with Crippen LogP contribution in [0, 0.1) is 6.92 Å². The van der Waals surface area contributed by atoms with Crippen LogP contribution in [0.3, 0.4) is 0 Å². The molecule has 0 heterocycles. The van der Waals surface area contributed by atoms with E-state index in [4.69, 9.17) is 4.74 Å². The lowest BCUT2D eigenvalue weighted by Gasteiger charge is -2.34. The van der Waals surface area contributed by atoms with Crippen LogP contribution in [0.4, 0.5) is 4.79 Å². The fourth-order valence-corrected chi connectivity index (χ4v) is 4.30. The normalized spacial score (nSPS) is 13.3. The Morgan fingerprint density at radius 3 is 2.00 bits per heavy atom. The molecule has 1 aliphatic carbocycles. The van der Waals surface area contributed by atoms with Crippen LogP contribution < -0.4 is 0 Å². The maximum atomic E-state index is 13.0. The van der Waals surface area contributed by atoms with E-state index in [1.54, 1.807) is 0 Å². The third-order valence-electron chi connectivity index (χ3n) is 5.76. The van der Waals surface area contributed by atoms with Gasteiger partial charge in [0.15, 0.2) is 0 Å². The molecule has 5 nitrogen and oxygen atoms in total. The third-order valence-corrected chi connectivity index (χ3v) is 5.76. The fraction of sp³-hybridized carbons (Fsp3) is 0.200. The van der Waals surface area contributed by atoms with Crippen LogP contribution in [0.5, 0.6) is 0 Å². The zero-order valence-electron chi connectivity index (χ0n) is 16.9. The van der Waals surface area contributed by atoms with Crippen LogP contribution in [0.15, 0.2) is 72.8 Å². The van der Waals surface area contributed by atoms with Gasteiger partial charge < -0.3 is 9.84 Å². The predicted molar refractivity (Wildman–Crippen MR) is 114 cm³/mol. The summed E-state index contributed by atoms with van der Waals surface area (Å²) in [6.45, 7) is 1.94. The SMILES string of the molecule is COC(=O)N(C1c2ccccc2-c2ccccc21)[C@@H](Cc1ccccc1C)C(=O)O. The van der Waals surface area contributed by atoms with Crippen LogP contribution in [0.2, 0.25) is 0 Å². The van der Waals surface area contributed by atoms with Crippen molar-refractivity contribution in [2.75, 3.05) is 7.11 Å². The highest BCUT2D eigenvalue weighted by Gasteiger charge is 2.42. The molecule has 3 aromatic carbocycles. The van der Waals surface area contributed by atoms with E-state index >= 15 is 0 Å². The van der Waals surface area contributed by atoms with E-state index in [1.807, 2.05) is 79.7 Å². The Balaban J connectivity index is 1.86. The number of hydrogen-bond acceptors (Lipinski definition) is 3. The lowest BCUT2D eigenvalue weighted by molar-refractivity contribution is -0.143. The number of fused-ring (bicyclic) bond motifs is 3. The number of rotatable bonds is 5. The number of carboxylic acids is 1. The van der Waals surface area contributed by atoms with Gasteiger partial charge in [-0.25, -0.2) is 9.59 Å². The predicted octanol–water partition coefficient (Wildman–Crippen LogP) is 4.83. The van der Waals surface area contributed by atoms with Gasteiger partial charge in [-0.1, -0.05) is 72.8 Å². The number of ether oxygens (including phenoxy) is 1. The number of carbonyl (C=O) groups is 2. The first-order valence-corrected chi connectivity index (χ1v) is 9.84. The summed E-state index contributed by atoms with van der Waals surface area (Å²) in [7, 11) is 1.29. The molecule has 152 valence electrons. The zero-order chi connectivity index (χ0) is 21.3. The van der Waals surface area contributed by atoms with Crippen LogP contribution in [-0.4, -0.2) is 35.2 Å². The first-order valence-electron chi connectivity index (χ1n) is 9.84. The van der Waals surface area contributed by atoms with Crippen LogP contribution in [-0.2, 0) is 16.0 Å². The summed E-state index contributed by atoms with van der Waals surface area (Å²) < 4.78 is 5.08. The summed E-state index contributed by atoms with van der Waals surface area (Å²) in [5, 5.41) is 10.1. The van der Waals surface area contributed by atoms with Crippen molar-refractivity contribution in [3.8, 4) is 11.1 Å². The van der Waals surface area contributed by atoms with E-state index in [2.05, 4.69) is 0 Å². The molecule has 4 rings (SSSR count). The van der Waals surface area contributed by atoms with Crippen LogP contribution in [0.1, 0.15) is 28.3 Å². The van der Waals surface area contributed by atoms with Crippen molar-refractivity contribution in [1.82, 2.24) is 4.90 Å². The molecule has 0 aromatic heterocycles. The molecule has 1 N–H and O–H groups in total. The van der Waals surface area contributed by atoms with Gasteiger partial charge in [-0.15, -0.1) is 0 Å². The van der Waals surface area contributed by atoms with E-state index in [1.165, 1.54) is 12.0 Å². The second-order valence-corrected chi connectivity index (χ2v) is 7.44. The Hall–Kier alpha value is -3.60. The van der Waals surface area contributed by atoms with Crippen molar-refractivity contribution >= 4 is 12.1 Å². The van der Waals surface area contributed by atoms with Gasteiger partial charge in [0.2, 0.25) is 0 Å². The molecule has 1 amide bonds. The number of hydrogen-bond donors (Lipinski definition) is 1. The van der Waals surface area contributed by atoms with Crippen molar-refractivity contribution in [1.29, 1.82) is 0 Å². The second kappa shape index (κ2) is 8.03. The van der Waals surface area contributed by atoms with E-state index in [0.717, 1.165) is 33.4 Å². The molecule has 0 unspecified atom stereocenters. The number of aliphatic carboxylic acids is 1. The molecule has 0 bridgehead atoms. The Labute approximate surface area is 175 Å². The average Bonchev–Trinajstić information content (AvgIpc) is 3.09. The van der Waals surface area contributed by atoms with Gasteiger partial charge >= 0.3 is 12.1 Å². The Kier molecular flexibility index (Phi) is 5.27. The molecule has 0 radical (unpaired) electrons. The Morgan fingerprint density at radius 2 is 1.47 bits per heavy atom. The molecule has 3 aromatic rings. The lowest BCUT2D eigenvalue weighted by atomic mass is 9.96. The van der Waals surface area contributed by atoms with Crippen molar-refractivity contribution in [3.05, 3.63) is 95.1 Å². The Bertz CT molecular complexity index is 1060. The third kappa shape index (κ3) is 3.32. The lowest BCUT2D eigenvalue weighted by Crippen LogP contribution is -2.48. The van der Waals surface area contributed by atoms with Gasteiger partial charge in [0, 0.05) is 6.42 Å². The monoisotopic (exact) mass is 401 g/mol. The summed E-state index contributed by atoms with van der Waals surface area (Å²) in [6, 6.07) is 21.6. The molecule has 0 fully saturated rings. The summed E-state index contributed by atoms with van der Waals surface area (Å²) in [6.07, 6.45) is -0.467. The van der Waals surface area contributed by atoms with Gasteiger partial charge in [-0.05, 0) is 40.3 Å². The topological polar surface area (TPSA) is 66.8 Å². The maximum Gasteiger partial charge on any atom is 0.411 e. The highest BCUT2D eigenvalue weighted by atomic mass is 16.5. The van der Waals surface area contributed by atoms with Crippen molar-refractivity contribution in [2.45, 2.75) is 25.4 Å². The molecule has 0 spiro atoms. The molecule has 0 saturated heterocycles. The summed E-state index contributed by atoms with van der Waals surface area (Å²) in [4.78, 5) is 26.8. The quantitative estimate of drug-likeness (QED) is 0.665. The summed E-state index contributed by atoms with van der Waals surface area (Å²) >= 11 is 0. The fourth-order valence-electron chi connectivity index (χ4n) is 4.30. The summed E-state index contributed by atoms with van der Waals surface area (Å²) in [5.74, 6) is -1.06. The van der Waals surface area contributed by atoms with Gasteiger partial charge in [0.05, 0.1) is 13.2 Å². The van der Waals surface area contributed by atoms with E-state index in [0.29, 0.717) is 0 Å². The van der Waals surface area contributed by atoms with E-state index < -0.39 is 24.1 Å². The minimum atomic E-state index is -1.08. The first kappa shape index (κ1) is 19.7. The molecular weight excluding hydrogens is 378 g/mol. The highest BCUT2D eigenvalue weighted by Crippen LogP contribution is 2.47. The minimum Gasteiger partial charge on any atom is -0.480 e. The van der Waals surface area contributed by atoms with E-state index in [9.17, 15) is 14.7 Å². The molecule has 1 atom stereocenters. The van der Waals surface area contributed by atoms with Crippen molar-refractivity contribution in [2.24, 2.45) is 0 Å². The van der Waals surface area contributed by atoms with Crippen LogP contribution >= 0.6 is 0 Å². The smallest absolute Gasteiger partial charge is 0.411 e. The minimum absolute atomic E-state index is 0.192. The maximum absolute atomic E-state index is 13.0. The largest absolute Gasteiger partial charge is 0.480 e. The van der Waals surface area contributed by atoms with Gasteiger partial charge in [-0.2, -0.15) is 0 Å². The number of amides is 1. The molecule has 0 aliphatic heterocycles. The van der Waals surface area contributed by atoms with Crippen LogP contribution in [0.25, 0.3) is 11.1 Å². The first-order chi connectivity index (χ1) is 14.5. The molecular formula is C25H23NO4. The molecule has 1 aliphatic rings. The van der Waals surface area contributed by atoms with Crippen molar-refractivity contribution in [3.63, 3.8) is 0 Å².